The fraction of sp³-hybridized carbons (Fsp3) is 0.429. The summed E-state index contributed by atoms with van der Waals surface area (Å²) in [5.74, 6) is 1.97. The van der Waals surface area contributed by atoms with E-state index in [9.17, 15) is 0 Å². The lowest BCUT2D eigenvalue weighted by Crippen LogP contribution is -2.07. The molecular formula is C21H20Br4O4. The number of rotatable bonds is 9. The average Bonchev–Trinajstić information content (AvgIpc) is 3.55. The summed E-state index contributed by atoms with van der Waals surface area (Å²) in [6.45, 7) is 4.96. The highest BCUT2D eigenvalue weighted by Gasteiger charge is 2.25. The second-order valence-corrected chi connectivity index (χ2v) is 10.8. The first-order chi connectivity index (χ1) is 13.9. The highest BCUT2D eigenvalue weighted by Crippen LogP contribution is 2.39. The Morgan fingerprint density at radius 3 is 1.66 bits per heavy atom. The first kappa shape index (κ1) is 22.1. The summed E-state index contributed by atoms with van der Waals surface area (Å²) in [6, 6.07) is 8.52. The second-order valence-electron chi connectivity index (χ2n) is 7.34. The Morgan fingerprint density at radius 2 is 1.24 bits per heavy atom. The lowest BCUT2D eigenvalue weighted by molar-refractivity contribution is 0.260. The quantitative estimate of drug-likeness (QED) is 0.284. The van der Waals surface area contributed by atoms with Gasteiger partial charge in [0.25, 0.3) is 0 Å². The van der Waals surface area contributed by atoms with Gasteiger partial charge >= 0.3 is 0 Å². The van der Waals surface area contributed by atoms with Crippen LogP contribution in [0.4, 0.5) is 0 Å². The van der Waals surface area contributed by atoms with Gasteiger partial charge in [0.1, 0.15) is 36.9 Å². The smallest absolute Gasteiger partial charge is 0.147 e. The molecule has 0 amide bonds. The molecule has 4 nitrogen and oxygen atoms in total. The van der Waals surface area contributed by atoms with Crippen molar-refractivity contribution in [3.63, 3.8) is 0 Å². The van der Waals surface area contributed by atoms with Crippen molar-refractivity contribution in [2.45, 2.75) is 31.5 Å². The van der Waals surface area contributed by atoms with Crippen LogP contribution in [0, 0.1) is 0 Å². The van der Waals surface area contributed by atoms with Crippen molar-refractivity contribution in [3.8, 4) is 11.5 Å². The highest BCUT2D eigenvalue weighted by molar-refractivity contribution is 9.11. The number of hydrogen-bond donors (Lipinski definition) is 0. The molecule has 3 atom stereocenters. The molecule has 3 unspecified atom stereocenters. The van der Waals surface area contributed by atoms with E-state index in [1.54, 1.807) is 0 Å². The molecule has 156 valence electrons. The maximum atomic E-state index is 5.88. The second kappa shape index (κ2) is 9.57. The van der Waals surface area contributed by atoms with E-state index in [1.807, 2.05) is 0 Å². The zero-order chi connectivity index (χ0) is 20.5. The molecule has 2 fully saturated rings. The molecule has 2 aliphatic rings. The van der Waals surface area contributed by atoms with Crippen molar-refractivity contribution in [1.82, 2.24) is 0 Å². The van der Waals surface area contributed by atoms with Gasteiger partial charge in [-0.3, -0.25) is 0 Å². The van der Waals surface area contributed by atoms with E-state index in [1.165, 1.54) is 11.1 Å². The van der Waals surface area contributed by atoms with Crippen molar-refractivity contribution in [2.75, 3.05) is 26.4 Å². The van der Waals surface area contributed by atoms with E-state index < -0.39 is 0 Å². The molecule has 0 aliphatic carbocycles. The summed E-state index contributed by atoms with van der Waals surface area (Å²) >= 11 is 14.6. The van der Waals surface area contributed by atoms with Gasteiger partial charge in [0.15, 0.2) is 0 Å². The molecule has 0 spiro atoms. The predicted molar refractivity (Wildman–Crippen MR) is 126 cm³/mol. The number of halogens is 4. The van der Waals surface area contributed by atoms with Crippen molar-refractivity contribution in [3.05, 3.63) is 53.3 Å². The van der Waals surface area contributed by atoms with E-state index in [-0.39, 0.29) is 12.2 Å². The Bertz CT molecular complexity index is 850. The van der Waals surface area contributed by atoms with Gasteiger partial charge in [-0.1, -0.05) is 6.92 Å². The minimum absolute atomic E-state index is 0.230. The normalized spacial score (nSPS) is 21.0. The van der Waals surface area contributed by atoms with Crippen LogP contribution in [0.5, 0.6) is 11.5 Å². The zero-order valence-electron chi connectivity index (χ0n) is 15.7. The summed E-state index contributed by atoms with van der Waals surface area (Å²) in [4.78, 5) is 0. The largest absolute Gasteiger partial charge is 0.488 e. The molecule has 2 aliphatic heterocycles. The van der Waals surface area contributed by atoms with Crippen molar-refractivity contribution < 1.29 is 18.9 Å². The summed E-state index contributed by atoms with van der Waals surface area (Å²) < 4.78 is 26.0. The molecule has 2 heterocycles. The van der Waals surface area contributed by atoms with Crippen LogP contribution < -0.4 is 9.47 Å². The number of ether oxygens (including phenoxy) is 4. The molecule has 0 radical (unpaired) electrons. The number of benzene rings is 2. The van der Waals surface area contributed by atoms with Crippen LogP contribution in [-0.4, -0.2) is 38.6 Å². The molecule has 29 heavy (non-hydrogen) atoms. The van der Waals surface area contributed by atoms with Crippen LogP contribution in [0.25, 0.3) is 0 Å². The van der Waals surface area contributed by atoms with Crippen LogP contribution in [-0.2, 0) is 15.9 Å². The van der Waals surface area contributed by atoms with Crippen LogP contribution in [0.3, 0.4) is 0 Å². The van der Waals surface area contributed by atoms with Crippen LogP contribution in [0.15, 0.2) is 42.2 Å². The zero-order valence-corrected chi connectivity index (χ0v) is 22.1. The summed E-state index contributed by atoms with van der Waals surface area (Å²) in [7, 11) is 0. The standard InChI is InChI=1S/C21H20Br4O4/c1-11(13-5-18(24)21(19(25)6-13)29-10-15-8-27-15)2-12-3-16(22)20(17(23)4-12)28-9-14-7-26-14/h3-6,11,14-15H,2,7-10H2,1H3. The molecule has 8 heteroatoms. The third kappa shape index (κ3) is 5.98. The van der Waals surface area contributed by atoms with E-state index in [4.69, 9.17) is 18.9 Å². The van der Waals surface area contributed by atoms with Gasteiger partial charge in [-0.15, -0.1) is 0 Å². The summed E-state index contributed by atoms with van der Waals surface area (Å²) in [6.07, 6.45) is 1.36. The minimum atomic E-state index is 0.230. The van der Waals surface area contributed by atoms with Gasteiger partial charge in [0.05, 0.1) is 31.1 Å². The monoisotopic (exact) mass is 652 g/mol. The third-order valence-corrected chi connectivity index (χ3v) is 7.18. The SMILES string of the molecule is CC(Cc1cc(Br)c(OCC2CO2)c(Br)c1)c1cc(Br)c(OCC2CO2)c(Br)c1. The highest BCUT2D eigenvalue weighted by atomic mass is 79.9. The van der Waals surface area contributed by atoms with Gasteiger partial charge < -0.3 is 18.9 Å². The van der Waals surface area contributed by atoms with Crippen molar-refractivity contribution in [2.24, 2.45) is 0 Å². The Hall–Kier alpha value is -0.120. The average molecular weight is 656 g/mol. The Labute approximate surface area is 204 Å². The molecule has 0 aromatic heterocycles. The van der Waals surface area contributed by atoms with E-state index in [2.05, 4.69) is 94.9 Å². The fourth-order valence-corrected chi connectivity index (χ4v) is 5.98. The minimum Gasteiger partial charge on any atom is -0.488 e. The van der Waals surface area contributed by atoms with Crippen LogP contribution in [0.2, 0.25) is 0 Å². The van der Waals surface area contributed by atoms with Crippen LogP contribution >= 0.6 is 63.7 Å². The maximum Gasteiger partial charge on any atom is 0.147 e. The molecule has 2 aromatic carbocycles. The molecule has 0 bridgehead atoms. The topological polar surface area (TPSA) is 43.5 Å². The van der Waals surface area contributed by atoms with Crippen LogP contribution in [0.1, 0.15) is 24.0 Å². The molecule has 0 saturated carbocycles. The lowest BCUT2D eigenvalue weighted by Gasteiger charge is -2.17. The molecule has 2 aromatic rings. The maximum absolute atomic E-state index is 5.88. The third-order valence-electron chi connectivity index (χ3n) is 4.82. The van der Waals surface area contributed by atoms with E-state index >= 15 is 0 Å². The molecule has 0 N–H and O–H groups in total. The van der Waals surface area contributed by atoms with Gasteiger partial charge in [-0.2, -0.15) is 0 Å². The molecule has 2 saturated heterocycles. The number of hydrogen-bond acceptors (Lipinski definition) is 4. The van der Waals surface area contributed by atoms with Gasteiger partial charge in [0.2, 0.25) is 0 Å². The Morgan fingerprint density at radius 1 is 0.828 bits per heavy atom. The molecular weight excluding hydrogens is 636 g/mol. The number of epoxide rings is 2. The summed E-state index contributed by atoms with van der Waals surface area (Å²) in [5.41, 5.74) is 2.46. The molecule has 4 rings (SSSR count). The first-order valence-electron chi connectivity index (χ1n) is 9.36. The van der Waals surface area contributed by atoms with Crippen molar-refractivity contribution in [1.29, 1.82) is 0 Å². The van der Waals surface area contributed by atoms with E-state index in [0.29, 0.717) is 19.1 Å². The van der Waals surface area contributed by atoms with Crippen molar-refractivity contribution >= 4 is 63.7 Å². The van der Waals surface area contributed by atoms with Gasteiger partial charge in [0, 0.05) is 0 Å². The van der Waals surface area contributed by atoms with Gasteiger partial charge in [-0.25, -0.2) is 0 Å². The van der Waals surface area contributed by atoms with Gasteiger partial charge in [-0.05, 0) is 111 Å². The Balaban J connectivity index is 1.44. The fourth-order valence-electron chi connectivity index (χ4n) is 3.02. The predicted octanol–water partition coefficient (Wildman–Crippen LogP) is 6.64. The van der Waals surface area contributed by atoms with E-state index in [0.717, 1.165) is 49.0 Å². The summed E-state index contributed by atoms with van der Waals surface area (Å²) in [5, 5.41) is 0. The Kier molecular flexibility index (Phi) is 7.29. The lowest BCUT2D eigenvalue weighted by atomic mass is 9.93. The first-order valence-corrected chi connectivity index (χ1v) is 12.5.